The van der Waals surface area contributed by atoms with E-state index in [4.69, 9.17) is 14.2 Å². The fourth-order valence-corrected chi connectivity index (χ4v) is 4.82. The largest absolute Gasteiger partial charge is 0.494 e. The van der Waals surface area contributed by atoms with Crippen molar-refractivity contribution in [1.82, 2.24) is 0 Å². The van der Waals surface area contributed by atoms with E-state index in [1.54, 1.807) is 0 Å². The zero-order valence-corrected chi connectivity index (χ0v) is 17.0. The zero-order chi connectivity index (χ0) is 20.0. The minimum atomic E-state index is -1.29. The highest BCUT2D eigenvalue weighted by Gasteiger charge is 2.54. The molecule has 0 spiro atoms. The summed E-state index contributed by atoms with van der Waals surface area (Å²) in [5.41, 5.74) is -0.890. The number of carbonyl (C=O) groups is 2. The van der Waals surface area contributed by atoms with Gasteiger partial charge in [0.05, 0.1) is 24.9 Å². The van der Waals surface area contributed by atoms with E-state index in [0.717, 1.165) is 44.9 Å². The summed E-state index contributed by atoms with van der Waals surface area (Å²) in [4.78, 5) is 25.7. The van der Waals surface area contributed by atoms with Crippen LogP contribution in [0, 0.1) is 5.41 Å². The maximum atomic E-state index is 13.0. The van der Waals surface area contributed by atoms with Gasteiger partial charge >= 0.3 is 5.97 Å². The fourth-order valence-electron chi connectivity index (χ4n) is 4.82. The lowest BCUT2D eigenvalue weighted by Gasteiger charge is -2.40. The van der Waals surface area contributed by atoms with Gasteiger partial charge in [-0.25, -0.2) is 0 Å². The second kappa shape index (κ2) is 9.88. The van der Waals surface area contributed by atoms with Crippen LogP contribution in [0.4, 0.5) is 0 Å². The molecule has 0 aromatic carbocycles. The molecule has 0 aromatic heterocycles. The van der Waals surface area contributed by atoms with Crippen molar-refractivity contribution < 1.29 is 28.9 Å². The molecular weight excluding hydrogens is 360 g/mol. The Balaban J connectivity index is 1.97. The summed E-state index contributed by atoms with van der Waals surface area (Å²) in [6.07, 6.45) is 7.64. The number of carboxylic acids is 1. The molecule has 1 aliphatic carbocycles. The second-order valence-electron chi connectivity index (χ2n) is 8.24. The van der Waals surface area contributed by atoms with E-state index < -0.39 is 17.5 Å². The Kier molecular flexibility index (Phi) is 7.52. The number of hydrogen-bond donors (Lipinski definition) is 1. The smallest absolute Gasteiger partial charge is 0.317 e. The summed E-state index contributed by atoms with van der Waals surface area (Å²) in [5.74, 6) is -0.408. The topological polar surface area (TPSA) is 82.1 Å². The number of carbonyl (C=O) groups excluding carboxylic acids is 1. The summed E-state index contributed by atoms with van der Waals surface area (Å²) < 4.78 is 17.6. The number of Topliss-reactive ketones (excluding diaryl/α,β-unsaturated/α-hetero) is 1. The van der Waals surface area contributed by atoms with Crippen molar-refractivity contribution in [3.8, 4) is 0 Å². The Morgan fingerprint density at radius 1 is 1.14 bits per heavy atom. The van der Waals surface area contributed by atoms with E-state index in [0.29, 0.717) is 56.8 Å². The molecular formula is C22H34O6. The molecule has 3 rings (SSSR count). The monoisotopic (exact) mass is 394 g/mol. The van der Waals surface area contributed by atoms with E-state index in [9.17, 15) is 14.7 Å². The van der Waals surface area contributed by atoms with Crippen LogP contribution in [0.25, 0.3) is 0 Å². The molecule has 0 amide bonds. The first-order valence-electron chi connectivity index (χ1n) is 11.0. The van der Waals surface area contributed by atoms with Crippen LogP contribution in [0.5, 0.6) is 0 Å². The number of unbranched alkanes of at least 4 members (excludes halogenated alkanes) is 2. The molecule has 2 heterocycles. The zero-order valence-electron chi connectivity index (χ0n) is 17.0. The Bertz CT molecular complexity index is 586. The standard InChI is InChI=1S/C22H34O6/c1-2-3-5-12-22(21(24)25,19-7-4-6-13-27-19)20-17(23)8-9-18(20)28-16-10-14-26-15-11-16/h16,19H,2-15H2,1H3,(H,24,25). The first kappa shape index (κ1) is 21.3. The molecule has 0 radical (unpaired) electrons. The Morgan fingerprint density at radius 3 is 2.57 bits per heavy atom. The Hall–Kier alpha value is -1.40. The van der Waals surface area contributed by atoms with Crippen molar-refractivity contribution >= 4 is 11.8 Å². The third kappa shape index (κ3) is 4.43. The molecule has 6 nitrogen and oxygen atoms in total. The number of carboxylic acid groups (broad SMARTS) is 1. The molecule has 2 aliphatic heterocycles. The van der Waals surface area contributed by atoms with Crippen molar-refractivity contribution in [2.75, 3.05) is 19.8 Å². The number of ketones is 1. The van der Waals surface area contributed by atoms with Gasteiger partial charge in [0.2, 0.25) is 0 Å². The van der Waals surface area contributed by atoms with Gasteiger partial charge in [-0.15, -0.1) is 0 Å². The minimum absolute atomic E-state index is 0.000870. The first-order chi connectivity index (χ1) is 13.6. The van der Waals surface area contributed by atoms with Crippen molar-refractivity contribution in [2.45, 2.75) is 89.8 Å². The van der Waals surface area contributed by atoms with Gasteiger partial charge < -0.3 is 19.3 Å². The predicted molar refractivity (Wildman–Crippen MR) is 104 cm³/mol. The van der Waals surface area contributed by atoms with Crippen LogP contribution in [-0.4, -0.2) is 48.9 Å². The van der Waals surface area contributed by atoms with Crippen molar-refractivity contribution in [3.05, 3.63) is 11.3 Å². The van der Waals surface area contributed by atoms with Gasteiger partial charge in [0, 0.05) is 32.3 Å². The third-order valence-corrected chi connectivity index (χ3v) is 6.35. The number of allylic oxidation sites excluding steroid dienone is 1. The molecule has 2 saturated heterocycles. The van der Waals surface area contributed by atoms with Gasteiger partial charge in [0.1, 0.15) is 17.3 Å². The third-order valence-electron chi connectivity index (χ3n) is 6.35. The SMILES string of the molecule is CCCCCC(C(=O)O)(C1=C(OC2CCOCC2)CCC1=O)C1CCCCO1. The highest BCUT2D eigenvalue weighted by molar-refractivity contribution is 6.05. The first-order valence-corrected chi connectivity index (χ1v) is 11.0. The molecule has 2 fully saturated rings. The molecule has 0 aromatic rings. The van der Waals surface area contributed by atoms with Gasteiger partial charge in [0.25, 0.3) is 0 Å². The van der Waals surface area contributed by atoms with Crippen LogP contribution in [-0.2, 0) is 23.8 Å². The lowest BCUT2D eigenvalue weighted by atomic mass is 9.68. The quantitative estimate of drug-likeness (QED) is 0.595. The Morgan fingerprint density at radius 2 is 1.93 bits per heavy atom. The van der Waals surface area contributed by atoms with Crippen molar-refractivity contribution in [2.24, 2.45) is 5.41 Å². The molecule has 3 aliphatic rings. The lowest BCUT2D eigenvalue weighted by molar-refractivity contribution is -0.161. The van der Waals surface area contributed by atoms with Crippen LogP contribution < -0.4 is 0 Å². The maximum Gasteiger partial charge on any atom is 0.317 e. The van der Waals surface area contributed by atoms with Crippen molar-refractivity contribution in [3.63, 3.8) is 0 Å². The summed E-state index contributed by atoms with van der Waals surface area (Å²) in [6.45, 7) is 3.95. The highest BCUT2D eigenvalue weighted by Crippen LogP contribution is 2.48. The maximum absolute atomic E-state index is 13.0. The van der Waals surface area contributed by atoms with Gasteiger partial charge in [-0.05, 0) is 25.7 Å². The average Bonchev–Trinajstić information content (AvgIpc) is 3.07. The van der Waals surface area contributed by atoms with Gasteiger partial charge in [-0.2, -0.15) is 0 Å². The number of aliphatic carboxylic acids is 1. The number of rotatable bonds is 9. The molecule has 2 unspecified atom stereocenters. The average molecular weight is 395 g/mol. The number of ether oxygens (including phenoxy) is 3. The Labute approximate surface area is 167 Å². The lowest BCUT2D eigenvalue weighted by Crippen LogP contribution is -2.48. The molecule has 28 heavy (non-hydrogen) atoms. The molecule has 6 heteroatoms. The highest BCUT2D eigenvalue weighted by atomic mass is 16.5. The summed E-state index contributed by atoms with van der Waals surface area (Å²) >= 11 is 0. The van der Waals surface area contributed by atoms with E-state index >= 15 is 0 Å². The fraction of sp³-hybridized carbons (Fsp3) is 0.818. The summed E-state index contributed by atoms with van der Waals surface area (Å²) in [5, 5.41) is 10.4. The van der Waals surface area contributed by atoms with Crippen LogP contribution in [0.2, 0.25) is 0 Å². The van der Waals surface area contributed by atoms with Gasteiger partial charge in [0.15, 0.2) is 5.78 Å². The minimum Gasteiger partial charge on any atom is -0.494 e. The molecule has 2 atom stereocenters. The van der Waals surface area contributed by atoms with Crippen LogP contribution in [0.1, 0.15) is 77.6 Å². The van der Waals surface area contributed by atoms with Crippen molar-refractivity contribution in [1.29, 1.82) is 0 Å². The van der Waals surface area contributed by atoms with E-state index in [1.807, 2.05) is 0 Å². The molecule has 158 valence electrons. The normalized spacial score (nSPS) is 26.3. The van der Waals surface area contributed by atoms with Gasteiger partial charge in [-0.3, -0.25) is 9.59 Å². The summed E-state index contributed by atoms with van der Waals surface area (Å²) in [6, 6.07) is 0. The molecule has 0 saturated carbocycles. The molecule has 0 bridgehead atoms. The summed E-state index contributed by atoms with van der Waals surface area (Å²) in [7, 11) is 0. The van der Waals surface area contributed by atoms with Gasteiger partial charge in [-0.1, -0.05) is 26.2 Å². The predicted octanol–water partition coefficient (Wildman–Crippen LogP) is 4.02. The van der Waals surface area contributed by atoms with Crippen LogP contribution in [0.15, 0.2) is 11.3 Å². The molecule has 1 N–H and O–H groups in total. The van der Waals surface area contributed by atoms with E-state index in [2.05, 4.69) is 6.92 Å². The van der Waals surface area contributed by atoms with E-state index in [1.165, 1.54) is 0 Å². The van der Waals surface area contributed by atoms with Crippen LogP contribution in [0.3, 0.4) is 0 Å². The second-order valence-corrected chi connectivity index (χ2v) is 8.24. The van der Waals surface area contributed by atoms with Crippen LogP contribution >= 0.6 is 0 Å². The number of hydrogen-bond acceptors (Lipinski definition) is 5. The van der Waals surface area contributed by atoms with E-state index in [-0.39, 0.29) is 11.9 Å².